The number of benzene rings is 4. The second kappa shape index (κ2) is 13.6. The van der Waals surface area contributed by atoms with Gasteiger partial charge in [0.15, 0.2) is 6.04 Å². The Balaban J connectivity index is 1.16. The van der Waals surface area contributed by atoms with Crippen LogP contribution in [0.5, 0.6) is 0 Å². The van der Waals surface area contributed by atoms with E-state index in [0.29, 0.717) is 17.5 Å². The summed E-state index contributed by atoms with van der Waals surface area (Å²) in [6.07, 6.45) is 4.46. The van der Waals surface area contributed by atoms with Crippen molar-refractivity contribution in [1.29, 1.82) is 0 Å². The van der Waals surface area contributed by atoms with Crippen LogP contribution in [0, 0.1) is 0 Å². The number of rotatable bonds is 10. The van der Waals surface area contributed by atoms with Gasteiger partial charge in [-0.1, -0.05) is 91.3 Å². The molecule has 1 aliphatic carbocycles. The van der Waals surface area contributed by atoms with E-state index in [2.05, 4.69) is 60.0 Å². The monoisotopic (exact) mass is 550 g/mol. The van der Waals surface area contributed by atoms with Crippen LogP contribution in [0.15, 0.2) is 97.1 Å². The minimum absolute atomic E-state index is 0.0820. The fourth-order valence-corrected chi connectivity index (χ4v) is 5.87. The summed E-state index contributed by atoms with van der Waals surface area (Å²) in [6.45, 7) is 1.79. The van der Waals surface area contributed by atoms with Crippen molar-refractivity contribution in [2.24, 2.45) is 0 Å². The first kappa shape index (κ1) is 28.5. The number of ether oxygens (including phenoxy) is 1. The molecule has 4 aromatic rings. The number of aliphatic hydroxyl groups is 1. The molecule has 0 radical (unpaired) electrons. The normalized spacial score (nSPS) is 18.4. The number of hydrogen-bond acceptors (Lipinski definition) is 5. The number of fused-ring (bicyclic) bond motifs is 1. The predicted molar refractivity (Wildman–Crippen MR) is 162 cm³/mol. The van der Waals surface area contributed by atoms with E-state index in [0.717, 1.165) is 31.2 Å². The summed E-state index contributed by atoms with van der Waals surface area (Å²) >= 11 is 0. The lowest BCUT2D eigenvalue weighted by molar-refractivity contribution is -0.148. The molecule has 1 aliphatic rings. The molecule has 0 bridgehead atoms. The summed E-state index contributed by atoms with van der Waals surface area (Å²) in [5, 5.41) is 18.7. The molecule has 0 spiro atoms. The first-order valence-corrected chi connectivity index (χ1v) is 14.5. The molecule has 1 fully saturated rings. The topological polar surface area (TPSA) is 87.7 Å². The van der Waals surface area contributed by atoms with E-state index in [1.165, 1.54) is 21.9 Å². The zero-order chi connectivity index (χ0) is 28.6. The van der Waals surface area contributed by atoms with Crippen molar-refractivity contribution in [3.8, 4) is 0 Å². The Labute approximate surface area is 241 Å². The fraction of sp³-hybridized carbons (Fsp3) is 0.314. The van der Waals surface area contributed by atoms with Crippen LogP contribution in [0.25, 0.3) is 10.8 Å². The summed E-state index contributed by atoms with van der Waals surface area (Å²) in [5.41, 5.74) is 3.82. The van der Waals surface area contributed by atoms with E-state index in [9.17, 15) is 14.7 Å². The first-order chi connectivity index (χ1) is 20.0. The van der Waals surface area contributed by atoms with E-state index >= 15 is 0 Å². The second-order valence-corrected chi connectivity index (χ2v) is 10.9. The first-order valence-electron chi connectivity index (χ1n) is 14.5. The summed E-state index contributed by atoms with van der Waals surface area (Å²) in [5.74, 6) is -0.671. The zero-order valence-electron chi connectivity index (χ0n) is 23.5. The quantitative estimate of drug-likeness (QED) is 0.209. The SMILES string of the molecule is C[C@@H](N[C@H]1CCC[C@H](c2ccc(C(=O)NC(CO)C(=O)OCc3ccccc3)cc2)C1)c1cccc2ccccc12. The Morgan fingerprint density at radius 1 is 0.902 bits per heavy atom. The maximum atomic E-state index is 12.8. The van der Waals surface area contributed by atoms with Crippen molar-refractivity contribution in [3.05, 3.63) is 119 Å². The number of carbonyl (C=O) groups is 2. The van der Waals surface area contributed by atoms with Gasteiger partial charge in [0, 0.05) is 17.6 Å². The van der Waals surface area contributed by atoms with Gasteiger partial charge in [0.2, 0.25) is 0 Å². The average Bonchev–Trinajstić information content (AvgIpc) is 3.02. The summed E-state index contributed by atoms with van der Waals surface area (Å²) in [7, 11) is 0. The summed E-state index contributed by atoms with van der Waals surface area (Å²) < 4.78 is 5.28. The van der Waals surface area contributed by atoms with Crippen LogP contribution >= 0.6 is 0 Å². The molecule has 6 nitrogen and oxygen atoms in total. The molecule has 0 saturated heterocycles. The highest BCUT2D eigenvalue weighted by atomic mass is 16.5. The third kappa shape index (κ3) is 7.20. The van der Waals surface area contributed by atoms with Crippen LogP contribution in [0.4, 0.5) is 0 Å². The molecule has 4 atom stereocenters. The highest BCUT2D eigenvalue weighted by molar-refractivity contribution is 5.96. The van der Waals surface area contributed by atoms with Crippen molar-refractivity contribution in [3.63, 3.8) is 0 Å². The molecule has 1 saturated carbocycles. The average molecular weight is 551 g/mol. The van der Waals surface area contributed by atoms with Gasteiger partial charge in [-0.3, -0.25) is 4.79 Å². The van der Waals surface area contributed by atoms with Gasteiger partial charge in [-0.15, -0.1) is 0 Å². The number of amides is 1. The van der Waals surface area contributed by atoms with E-state index in [-0.39, 0.29) is 12.6 Å². The van der Waals surface area contributed by atoms with Crippen LogP contribution in [0.1, 0.15) is 71.6 Å². The molecule has 4 aromatic carbocycles. The van der Waals surface area contributed by atoms with Crippen molar-refractivity contribution >= 4 is 22.6 Å². The Kier molecular flexibility index (Phi) is 9.44. The largest absolute Gasteiger partial charge is 0.459 e. The smallest absolute Gasteiger partial charge is 0.331 e. The fourth-order valence-electron chi connectivity index (χ4n) is 5.87. The number of aliphatic hydroxyl groups excluding tert-OH is 1. The van der Waals surface area contributed by atoms with Gasteiger partial charge in [-0.25, -0.2) is 4.79 Å². The van der Waals surface area contributed by atoms with Crippen LogP contribution in [-0.2, 0) is 16.1 Å². The highest BCUT2D eigenvalue weighted by Crippen LogP contribution is 2.34. The molecule has 0 heterocycles. The maximum absolute atomic E-state index is 12.8. The van der Waals surface area contributed by atoms with Gasteiger partial charge in [0.1, 0.15) is 6.61 Å². The number of carbonyl (C=O) groups excluding carboxylic acids is 2. The number of nitrogens with one attached hydrogen (secondary N) is 2. The van der Waals surface area contributed by atoms with Gasteiger partial charge < -0.3 is 20.5 Å². The van der Waals surface area contributed by atoms with E-state index in [4.69, 9.17) is 4.74 Å². The minimum atomic E-state index is -1.13. The molecular formula is C35H38N2O4. The molecule has 0 aliphatic heterocycles. The Morgan fingerprint density at radius 3 is 2.41 bits per heavy atom. The van der Waals surface area contributed by atoms with Gasteiger partial charge in [-0.2, -0.15) is 0 Å². The Hall–Kier alpha value is -4.00. The second-order valence-electron chi connectivity index (χ2n) is 10.9. The van der Waals surface area contributed by atoms with Gasteiger partial charge in [0.25, 0.3) is 5.91 Å². The van der Waals surface area contributed by atoms with Crippen LogP contribution in [0.2, 0.25) is 0 Å². The number of hydrogen-bond donors (Lipinski definition) is 3. The highest BCUT2D eigenvalue weighted by Gasteiger charge is 2.26. The summed E-state index contributed by atoms with van der Waals surface area (Å²) in [6, 6.07) is 31.5. The molecule has 3 N–H and O–H groups in total. The Morgan fingerprint density at radius 2 is 1.63 bits per heavy atom. The van der Waals surface area contributed by atoms with Crippen molar-refractivity contribution < 1.29 is 19.4 Å². The number of esters is 1. The summed E-state index contributed by atoms with van der Waals surface area (Å²) in [4.78, 5) is 25.3. The van der Waals surface area contributed by atoms with Crippen LogP contribution < -0.4 is 10.6 Å². The van der Waals surface area contributed by atoms with Crippen molar-refractivity contribution in [2.75, 3.05) is 6.61 Å². The standard InChI is InChI=1S/C35H38N2O4/c1-24(31-16-8-12-27-11-5-6-15-32(27)31)36-30-14-7-13-29(21-30)26-17-19-28(20-18-26)34(39)37-33(22-38)35(40)41-23-25-9-3-2-4-10-25/h2-6,8-12,15-20,24,29-30,33,36,38H,7,13-14,21-23H2,1H3,(H,37,39)/t24-,29+,30+,33?/m1/s1. The maximum Gasteiger partial charge on any atom is 0.331 e. The molecule has 212 valence electrons. The van der Waals surface area contributed by atoms with Gasteiger partial charge in [0.05, 0.1) is 6.61 Å². The van der Waals surface area contributed by atoms with E-state index < -0.39 is 24.5 Å². The molecular weight excluding hydrogens is 512 g/mol. The van der Waals surface area contributed by atoms with Gasteiger partial charge in [-0.05, 0) is 71.7 Å². The predicted octanol–water partition coefficient (Wildman–Crippen LogP) is 6.05. The lowest BCUT2D eigenvalue weighted by Crippen LogP contribution is -2.44. The minimum Gasteiger partial charge on any atom is -0.459 e. The lowest BCUT2D eigenvalue weighted by Gasteiger charge is -2.32. The molecule has 41 heavy (non-hydrogen) atoms. The molecule has 6 heteroatoms. The Bertz CT molecular complexity index is 1450. The van der Waals surface area contributed by atoms with Gasteiger partial charge >= 0.3 is 5.97 Å². The van der Waals surface area contributed by atoms with E-state index in [1.807, 2.05) is 42.5 Å². The third-order valence-corrected chi connectivity index (χ3v) is 8.09. The van der Waals surface area contributed by atoms with Crippen molar-refractivity contribution in [2.45, 2.75) is 63.3 Å². The lowest BCUT2D eigenvalue weighted by atomic mass is 9.80. The molecule has 0 aromatic heterocycles. The van der Waals surface area contributed by atoms with Crippen molar-refractivity contribution in [1.82, 2.24) is 10.6 Å². The van der Waals surface area contributed by atoms with E-state index in [1.54, 1.807) is 12.1 Å². The zero-order valence-corrected chi connectivity index (χ0v) is 23.5. The molecule has 1 amide bonds. The van der Waals surface area contributed by atoms with Crippen LogP contribution in [0.3, 0.4) is 0 Å². The molecule has 5 rings (SSSR count). The third-order valence-electron chi connectivity index (χ3n) is 8.09. The van der Waals surface area contributed by atoms with Crippen LogP contribution in [-0.4, -0.2) is 35.7 Å². The molecule has 1 unspecified atom stereocenters.